The molecule has 5 nitrogen and oxygen atoms in total. The Kier molecular flexibility index (Phi) is 4.28. The van der Waals surface area contributed by atoms with Gasteiger partial charge in [-0.1, -0.05) is 12.8 Å². The van der Waals surface area contributed by atoms with Crippen LogP contribution in [0.4, 0.5) is 5.82 Å². The van der Waals surface area contributed by atoms with Gasteiger partial charge in [0.25, 0.3) is 0 Å². The van der Waals surface area contributed by atoms with Gasteiger partial charge in [-0.15, -0.1) is 0 Å². The molecule has 1 saturated heterocycles. The predicted octanol–water partition coefficient (Wildman–Crippen LogP) is 1.60. The van der Waals surface area contributed by atoms with E-state index in [2.05, 4.69) is 20.6 Å². The largest absolute Gasteiger partial charge is 0.309 e. The zero-order chi connectivity index (χ0) is 12.1. The van der Waals surface area contributed by atoms with Crippen LogP contribution in [-0.4, -0.2) is 28.5 Å². The van der Waals surface area contributed by atoms with Crippen molar-refractivity contribution in [3.8, 4) is 0 Å². The molecule has 1 fully saturated rings. The SMILES string of the molecule is O=C(Nc1ccnc(Cl)n1)C1CCCCCN1. The van der Waals surface area contributed by atoms with Gasteiger partial charge in [0.1, 0.15) is 5.82 Å². The summed E-state index contributed by atoms with van der Waals surface area (Å²) < 4.78 is 0. The maximum Gasteiger partial charge on any atom is 0.242 e. The Morgan fingerprint density at radius 1 is 1.47 bits per heavy atom. The standard InChI is InChI=1S/C11H15ClN4O/c12-11-14-7-5-9(16-11)15-10(17)8-4-2-1-3-6-13-8/h5,7-8,13H,1-4,6H2,(H,14,15,16,17). The minimum atomic E-state index is -0.133. The number of anilines is 1. The molecule has 0 aromatic carbocycles. The number of aromatic nitrogens is 2. The summed E-state index contributed by atoms with van der Waals surface area (Å²) in [4.78, 5) is 19.6. The van der Waals surface area contributed by atoms with Crippen molar-refractivity contribution < 1.29 is 4.79 Å². The number of carbonyl (C=O) groups excluding carboxylic acids is 1. The van der Waals surface area contributed by atoms with Crippen molar-refractivity contribution >= 4 is 23.3 Å². The first-order valence-electron chi connectivity index (χ1n) is 5.78. The molecule has 1 aliphatic heterocycles. The van der Waals surface area contributed by atoms with Gasteiger partial charge in [-0.25, -0.2) is 9.97 Å². The second kappa shape index (κ2) is 5.93. The zero-order valence-electron chi connectivity index (χ0n) is 9.45. The predicted molar refractivity (Wildman–Crippen MR) is 65.9 cm³/mol. The fraction of sp³-hybridized carbons (Fsp3) is 0.545. The van der Waals surface area contributed by atoms with Gasteiger partial charge < -0.3 is 10.6 Å². The lowest BCUT2D eigenvalue weighted by atomic mass is 10.1. The first-order chi connectivity index (χ1) is 8.25. The van der Waals surface area contributed by atoms with Crippen molar-refractivity contribution in [3.05, 3.63) is 17.5 Å². The molecule has 1 atom stereocenters. The average molecular weight is 255 g/mol. The molecule has 0 spiro atoms. The number of nitrogens with one attached hydrogen (secondary N) is 2. The maximum atomic E-state index is 12.0. The quantitative estimate of drug-likeness (QED) is 0.787. The topological polar surface area (TPSA) is 66.9 Å². The van der Waals surface area contributed by atoms with Crippen molar-refractivity contribution in [2.45, 2.75) is 31.7 Å². The Morgan fingerprint density at radius 2 is 2.35 bits per heavy atom. The van der Waals surface area contributed by atoms with E-state index in [-0.39, 0.29) is 17.2 Å². The van der Waals surface area contributed by atoms with Gasteiger partial charge in [0, 0.05) is 6.20 Å². The lowest BCUT2D eigenvalue weighted by Gasteiger charge is -2.14. The fourth-order valence-electron chi connectivity index (χ4n) is 1.87. The molecule has 1 unspecified atom stereocenters. The van der Waals surface area contributed by atoms with Crippen LogP contribution in [0.1, 0.15) is 25.7 Å². The summed E-state index contributed by atoms with van der Waals surface area (Å²) in [5, 5.41) is 6.11. The van der Waals surface area contributed by atoms with Crippen LogP contribution in [-0.2, 0) is 4.79 Å². The van der Waals surface area contributed by atoms with Crippen molar-refractivity contribution in [2.24, 2.45) is 0 Å². The summed E-state index contributed by atoms with van der Waals surface area (Å²) in [6, 6.07) is 1.49. The highest BCUT2D eigenvalue weighted by Gasteiger charge is 2.19. The molecule has 17 heavy (non-hydrogen) atoms. The number of rotatable bonds is 2. The van der Waals surface area contributed by atoms with Crippen LogP contribution in [0.3, 0.4) is 0 Å². The summed E-state index contributed by atoms with van der Waals surface area (Å²) >= 11 is 5.65. The fourth-order valence-corrected chi connectivity index (χ4v) is 2.02. The number of nitrogens with zero attached hydrogens (tertiary/aromatic N) is 2. The van der Waals surface area contributed by atoms with Crippen LogP contribution in [0, 0.1) is 0 Å². The van der Waals surface area contributed by atoms with E-state index in [1.807, 2.05) is 0 Å². The molecule has 0 radical (unpaired) electrons. The van der Waals surface area contributed by atoms with Gasteiger partial charge in [0.05, 0.1) is 6.04 Å². The Balaban J connectivity index is 1.95. The van der Waals surface area contributed by atoms with E-state index < -0.39 is 0 Å². The van der Waals surface area contributed by atoms with E-state index in [9.17, 15) is 4.79 Å². The number of carbonyl (C=O) groups is 1. The van der Waals surface area contributed by atoms with E-state index in [4.69, 9.17) is 11.6 Å². The van der Waals surface area contributed by atoms with Crippen LogP contribution >= 0.6 is 11.6 Å². The second-order valence-electron chi connectivity index (χ2n) is 4.06. The molecule has 1 aromatic rings. The van der Waals surface area contributed by atoms with Crippen LogP contribution in [0.2, 0.25) is 5.28 Å². The van der Waals surface area contributed by atoms with Crippen molar-refractivity contribution in [1.29, 1.82) is 0 Å². The second-order valence-corrected chi connectivity index (χ2v) is 4.39. The normalized spacial score (nSPS) is 20.6. The molecular formula is C11H15ClN4O. The lowest BCUT2D eigenvalue weighted by Crippen LogP contribution is -2.40. The highest BCUT2D eigenvalue weighted by molar-refractivity contribution is 6.28. The van der Waals surface area contributed by atoms with Gasteiger partial charge in [0.15, 0.2) is 0 Å². The van der Waals surface area contributed by atoms with E-state index >= 15 is 0 Å². The minimum absolute atomic E-state index is 0.0540. The Bertz CT molecular complexity index is 391. The molecule has 0 saturated carbocycles. The Hall–Kier alpha value is -1.20. The molecule has 0 aliphatic carbocycles. The number of halogens is 1. The summed E-state index contributed by atoms with van der Waals surface area (Å²) in [6.45, 7) is 0.891. The Morgan fingerprint density at radius 3 is 3.18 bits per heavy atom. The van der Waals surface area contributed by atoms with Crippen molar-refractivity contribution in [3.63, 3.8) is 0 Å². The van der Waals surface area contributed by atoms with Gasteiger partial charge in [-0.3, -0.25) is 4.79 Å². The van der Waals surface area contributed by atoms with Gasteiger partial charge >= 0.3 is 0 Å². The molecule has 1 aliphatic rings. The van der Waals surface area contributed by atoms with E-state index in [1.165, 1.54) is 12.6 Å². The number of amides is 1. The summed E-state index contributed by atoms with van der Waals surface area (Å²) in [6.07, 6.45) is 5.77. The summed E-state index contributed by atoms with van der Waals surface area (Å²) in [7, 11) is 0. The highest BCUT2D eigenvalue weighted by Crippen LogP contribution is 2.11. The molecular weight excluding hydrogens is 240 g/mol. The van der Waals surface area contributed by atoms with Gasteiger partial charge in [-0.05, 0) is 37.1 Å². The van der Waals surface area contributed by atoms with E-state index in [0.717, 1.165) is 25.8 Å². The minimum Gasteiger partial charge on any atom is -0.309 e. The van der Waals surface area contributed by atoms with Crippen LogP contribution in [0.5, 0.6) is 0 Å². The third kappa shape index (κ3) is 3.64. The Labute approximate surface area is 105 Å². The smallest absolute Gasteiger partial charge is 0.242 e. The molecule has 0 bridgehead atoms. The molecule has 2 rings (SSSR count). The molecule has 1 aromatic heterocycles. The maximum absolute atomic E-state index is 12.0. The van der Waals surface area contributed by atoms with Crippen molar-refractivity contribution in [2.75, 3.05) is 11.9 Å². The first kappa shape index (κ1) is 12.3. The number of hydrogen-bond donors (Lipinski definition) is 2. The summed E-state index contributed by atoms with van der Waals surface area (Å²) in [5.74, 6) is 0.391. The average Bonchev–Trinajstić information content (AvgIpc) is 2.57. The molecule has 2 N–H and O–H groups in total. The van der Waals surface area contributed by atoms with Crippen molar-refractivity contribution in [1.82, 2.24) is 15.3 Å². The molecule has 6 heteroatoms. The van der Waals surface area contributed by atoms with Crippen LogP contribution in [0.25, 0.3) is 0 Å². The molecule has 2 heterocycles. The highest BCUT2D eigenvalue weighted by atomic mass is 35.5. The number of hydrogen-bond acceptors (Lipinski definition) is 4. The lowest BCUT2D eigenvalue weighted by molar-refractivity contribution is -0.118. The van der Waals surface area contributed by atoms with Crippen LogP contribution in [0.15, 0.2) is 12.3 Å². The van der Waals surface area contributed by atoms with E-state index in [1.54, 1.807) is 6.07 Å². The molecule has 92 valence electrons. The molecule has 1 amide bonds. The third-order valence-electron chi connectivity index (χ3n) is 2.75. The van der Waals surface area contributed by atoms with E-state index in [0.29, 0.717) is 5.82 Å². The zero-order valence-corrected chi connectivity index (χ0v) is 10.2. The third-order valence-corrected chi connectivity index (χ3v) is 2.94. The van der Waals surface area contributed by atoms with Gasteiger partial charge in [0.2, 0.25) is 11.2 Å². The van der Waals surface area contributed by atoms with Gasteiger partial charge in [-0.2, -0.15) is 0 Å². The summed E-state index contributed by atoms with van der Waals surface area (Å²) in [5.41, 5.74) is 0. The first-order valence-corrected chi connectivity index (χ1v) is 6.16. The van der Waals surface area contributed by atoms with Crippen LogP contribution < -0.4 is 10.6 Å². The monoisotopic (exact) mass is 254 g/mol.